The maximum Gasteiger partial charge on any atom is 0.508 e. The molecule has 0 saturated heterocycles. The van der Waals surface area contributed by atoms with Crippen molar-refractivity contribution in [2.45, 2.75) is 92.9 Å². The van der Waals surface area contributed by atoms with E-state index in [1.165, 1.54) is 12.1 Å². The summed E-state index contributed by atoms with van der Waals surface area (Å²) >= 11 is 0. The van der Waals surface area contributed by atoms with E-state index in [2.05, 4.69) is 0 Å². The molecule has 1 aromatic rings. The Hall–Kier alpha value is -3.14. The van der Waals surface area contributed by atoms with Gasteiger partial charge in [-0.1, -0.05) is 47.6 Å². The topological polar surface area (TPSA) is 140 Å². The first kappa shape index (κ1) is 32.9. The molecule has 214 valence electrons. The second-order valence-electron chi connectivity index (χ2n) is 9.93. The van der Waals surface area contributed by atoms with Gasteiger partial charge >= 0.3 is 24.1 Å². The molecule has 0 aliphatic rings. The lowest BCUT2D eigenvalue weighted by Gasteiger charge is -2.19. The van der Waals surface area contributed by atoms with E-state index in [0.29, 0.717) is 18.4 Å². The highest BCUT2D eigenvalue weighted by Crippen LogP contribution is 2.31. The van der Waals surface area contributed by atoms with Crippen molar-refractivity contribution in [3.63, 3.8) is 0 Å². The van der Waals surface area contributed by atoms with Gasteiger partial charge in [-0.25, -0.2) is 4.79 Å². The molecule has 1 rings (SSSR count). The van der Waals surface area contributed by atoms with Crippen LogP contribution in [0.3, 0.4) is 0 Å². The summed E-state index contributed by atoms with van der Waals surface area (Å²) in [5, 5.41) is 0. The average Bonchev–Trinajstić information content (AvgIpc) is 2.87. The van der Waals surface area contributed by atoms with Crippen LogP contribution in [0.2, 0.25) is 0 Å². The molecule has 0 aliphatic heterocycles. The highest BCUT2D eigenvalue weighted by molar-refractivity contribution is 5.79. The largest absolute Gasteiger partial charge is 0.508 e. The molecule has 0 spiro atoms. The first-order valence-corrected chi connectivity index (χ1v) is 13.1. The van der Waals surface area contributed by atoms with Crippen LogP contribution in [0, 0.1) is 17.8 Å². The number of nitrogens with two attached hydrogens (primary N) is 1. The lowest BCUT2D eigenvalue weighted by atomic mass is 10.1. The van der Waals surface area contributed by atoms with E-state index in [1.807, 2.05) is 27.7 Å². The van der Waals surface area contributed by atoms with Gasteiger partial charge in [-0.2, -0.15) is 0 Å². The molecule has 0 aliphatic carbocycles. The Kier molecular flexibility index (Phi) is 13.8. The Morgan fingerprint density at radius 3 is 1.87 bits per heavy atom. The Morgan fingerprint density at radius 1 is 0.789 bits per heavy atom. The van der Waals surface area contributed by atoms with Crippen LogP contribution >= 0.6 is 0 Å². The Bertz CT molecular complexity index is 946. The van der Waals surface area contributed by atoms with Crippen molar-refractivity contribution in [2.24, 2.45) is 23.5 Å². The smallest absolute Gasteiger partial charge is 0.458 e. The molecule has 0 fully saturated rings. The Morgan fingerprint density at radius 2 is 1.34 bits per heavy atom. The third-order valence-electron chi connectivity index (χ3n) is 6.19. The van der Waals surface area contributed by atoms with Crippen molar-refractivity contribution in [1.29, 1.82) is 0 Å². The van der Waals surface area contributed by atoms with Crippen molar-refractivity contribution in [3.8, 4) is 11.5 Å². The first-order chi connectivity index (χ1) is 17.8. The summed E-state index contributed by atoms with van der Waals surface area (Å²) in [4.78, 5) is 49.0. The van der Waals surface area contributed by atoms with Crippen LogP contribution in [0.1, 0.15) is 73.8 Å². The fourth-order valence-electron chi connectivity index (χ4n) is 2.76. The zero-order chi connectivity index (χ0) is 29.0. The minimum Gasteiger partial charge on any atom is -0.458 e. The maximum atomic E-state index is 12.5. The van der Waals surface area contributed by atoms with Gasteiger partial charge < -0.3 is 29.4 Å². The average molecular weight is 538 g/mol. The molecular formula is C28H43NO9. The van der Waals surface area contributed by atoms with Gasteiger partial charge in [0.2, 0.25) is 0 Å². The minimum atomic E-state index is -1.04. The summed E-state index contributed by atoms with van der Waals surface area (Å²) in [6, 6.07) is 3.61. The summed E-state index contributed by atoms with van der Waals surface area (Å²) in [6.45, 7) is 14.2. The molecule has 0 amide bonds. The third kappa shape index (κ3) is 11.1. The predicted molar refractivity (Wildman–Crippen MR) is 141 cm³/mol. The lowest BCUT2D eigenvalue weighted by Crippen LogP contribution is -2.37. The van der Waals surface area contributed by atoms with E-state index in [0.717, 1.165) is 0 Å². The van der Waals surface area contributed by atoms with Gasteiger partial charge in [-0.3, -0.25) is 14.4 Å². The Balaban J connectivity index is 2.85. The fraction of sp³-hybridized carbons (Fsp3) is 0.643. The van der Waals surface area contributed by atoms with E-state index in [1.54, 1.807) is 33.8 Å². The first-order valence-electron chi connectivity index (χ1n) is 13.1. The zero-order valence-electron chi connectivity index (χ0n) is 23.8. The van der Waals surface area contributed by atoms with E-state index in [9.17, 15) is 19.2 Å². The van der Waals surface area contributed by atoms with Crippen LogP contribution in [0.15, 0.2) is 18.2 Å². The summed E-state index contributed by atoms with van der Waals surface area (Å²) in [5.74, 6) is -1.99. The van der Waals surface area contributed by atoms with Gasteiger partial charge in [0.15, 0.2) is 11.5 Å². The van der Waals surface area contributed by atoms with E-state index >= 15 is 0 Å². The number of carbonyl (C=O) groups excluding carboxylic acids is 4. The normalized spacial score (nSPS) is 15.0. The van der Waals surface area contributed by atoms with Crippen molar-refractivity contribution in [1.82, 2.24) is 0 Å². The minimum absolute atomic E-state index is 0.0633. The predicted octanol–water partition coefficient (Wildman–Crippen LogP) is 4.59. The number of rotatable bonds is 14. The highest BCUT2D eigenvalue weighted by atomic mass is 16.7. The van der Waals surface area contributed by atoms with Crippen molar-refractivity contribution in [3.05, 3.63) is 23.8 Å². The van der Waals surface area contributed by atoms with E-state index < -0.39 is 36.2 Å². The summed E-state index contributed by atoms with van der Waals surface area (Å²) in [7, 11) is 0. The van der Waals surface area contributed by atoms with Crippen molar-refractivity contribution < 1.29 is 42.9 Å². The van der Waals surface area contributed by atoms with Crippen molar-refractivity contribution in [2.75, 3.05) is 6.61 Å². The number of carbonyl (C=O) groups is 4. The molecule has 10 nitrogen and oxygen atoms in total. The molecular weight excluding hydrogens is 494 g/mol. The number of esters is 3. The lowest BCUT2D eigenvalue weighted by molar-refractivity contribution is -0.152. The molecule has 0 radical (unpaired) electrons. The fourth-order valence-corrected chi connectivity index (χ4v) is 2.76. The molecule has 0 aromatic heterocycles. The van der Waals surface area contributed by atoms with Crippen LogP contribution in [-0.2, 0) is 35.0 Å². The summed E-state index contributed by atoms with van der Waals surface area (Å²) in [6.07, 6.45) is -0.663. The number of ether oxygens (including phenoxy) is 5. The monoisotopic (exact) mass is 537 g/mol. The van der Waals surface area contributed by atoms with Gasteiger partial charge in [0.25, 0.3) is 0 Å². The van der Waals surface area contributed by atoms with Gasteiger partial charge in [0.1, 0.15) is 24.9 Å². The summed E-state index contributed by atoms with van der Waals surface area (Å²) in [5.41, 5.74) is 6.62. The van der Waals surface area contributed by atoms with Crippen LogP contribution in [-0.4, -0.2) is 48.9 Å². The van der Waals surface area contributed by atoms with Crippen LogP contribution in [0.4, 0.5) is 4.79 Å². The van der Waals surface area contributed by atoms with Gasteiger partial charge in [-0.15, -0.1) is 0 Å². The highest BCUT2D eigenvalue weighted by Gasteiger charge is 2.24. The van der Waals surface area contributed by atoms with Crippen LogP contribution in [0.5, 0.6) is 11.5 Å². The number of hydrogen-bond acceptors (Lipinski definition) is 10. The molecule has 10 heteroatoms. The van der Waals surface area contributed by atoms with Crippen LogP contribution < -0.4 is 15.2 Å². The second kappa shape index (κ2) is 16.0. The molecule has 5 atom stereocenters. The molecule has 0 bridgehead atoms. The SMILES string of the molecule is CCC(C)C(=O)Oc1ccc(C[C@H](N)C(=O)O[C@@H](C)COC(=O)OC(C)C(C)C)cc1OC(=O)C(C)CC. The third-order valence-corrected chi connectivity index (χ3v) is 6.19. The molecule has 1 aromatic carbocycles. The van der Waals surface area contributed by atoms with Gasteiger partial charge in [0, 0.05) is 0 Å². The van der Waals surface area contributed by atoms with Crippen molar-refractivity contribution >= 4 is 24.1 Å². The standard InChI is InChI=1S/C28H43NO9/c1-9-17(5)25(30)37-23-12-11-21(14-24(23)38-26(31)18(6)10-2)13-22(29)27(32)35-19(7)15-34-28(33)36-20(8)16(3)4/h11-12,14,16-20,22H,9-10,13,15,29H2,1-8H3/t17?,18?,19-,20?,22-/m0/s1. The molecule has 0 saturated carbocycles. The zero-order valence-corrected chi connectivity index (χ0v) is 23.8. The van der Waals surface area contributed by atoms with E-state index in [4.69, 9.17) is 29.4 Å². The number of hydrogen-bond donors (Lipinski definition) is 1. The van der Waals surface area contributed by atoms with Crippen LogP contribution in [0.25, 0.3) is 0 Å². The molecule has 0 heterocycles. The van der Waals surface area contributed by atoms with E-state index in [-0.39, 0.29) is 48.4 Å². The molecule has 38 heavy (non-hydrogen) atoms. The maximum absolute atomic E-state index is 12.5. The summed E-state index contributed by atoms with van der Waals surface area (Å²) < 4.78 is 26.4. The second-order valence-corrected chi connectivity index (χ2v) is 9.93. The van der Waals surface area contributed by atoms with Gasteiger partial charge in [0.05, 0.1) is 11.8 Å². The quantitative estimate of drug-likeness (QED) is 0.265. The molecule has 3 unspecified atom stereocenters. The molecule has 2 N–H and O–H groups in total. The Labute approximate surface area is 225 Å². The number of benzene rings is 1. The van der Waals surface area contributed by atoms with Gasteiger partial charge in [-0.05, 0) is 56.7 Å².